The highest BCUT2D eigenvalue weighted by Crippen LogP contribution is 2.28. The topological polar surface area (TPSA) is 71.2 Å². The van der Waals surface area contributed by atoms with Gasteiger partial charge in [-0.05, 0) is 49.1 Å². The molecule has 2 aromatic rings. The lowest BCUT2D eigenvalue weighted by Gasteiger charge is -2.40. The Kier molecular flexibility index (Phi) is 2.99. The largest absolute Gasteiger partial charge is 0.351 e. The molecule has 2 aliphatic rings. The fraction of sp³-hybridized carbons (Fsp3) is 0.692. The molecule has 0 radical (unpaired) electrons. The van der Waals surface area contributed by atoms with Crippen LogP contribution in [-0.2, 0) is 0 Å². The van der Waals surface area contributed by atoms with E-state index in [1.807, 2.05) is 6.20 Å². The zero-order chi connectivity index (χ0) is 13.4. The van der Waals surface area contributed by atoms with Crippen LogP contribution in [0.15, 0.2) is 12.4 Å². The molecule has 20 heavy (non-hydrogen) atoms. The van der Waals surface area contributed by atoms with E-state index in [2.05, 4.69) is 30.7 Å². The van der Waals surface area contributed by atoms with Crippen LogP contribution in [0.3, 0.4) is 0 Å². The Balaban J connectivity index is 1.72. The van der Waals surface area contributed by atoms with Crippen molar-refractivity contribution in [2.24, 2.45) is 0 Å². The average molecular weight is 273 g/mol. The standard InChI is InChI=1S/C13H19N7/c1-2-7-19(11(5-1)10-4-3-6-15-10)13-9-14-8-12-16-17-18-20(12)13/h8-11,15H,1-7H2. The highest BCUT2D eigenvalue weighted by atomic mass is 15.5. The van der Waals surface area contributed by atoms with Crippen molar-refractivity contribution in [3.05, 3.63) is 12.4 Å². The van der Waals surface area contributed by atoms with Gasteiger partial charge in [0.2, 0.25) is 0 Å². The number of fused-ring (bicyclic) bond motifs is 1. The van der Waals surface area contributed by atoms with Gasteiger partial charge in [0.05, 0.1) is 12.4 Å². The molecule has 0 bridgehead atoms. The molecule has 2 unspecified atom stereocenters. The van der Waals surface area contributed by atoms with Crippen LogP contribution in [0.2, 0.25) is 0 Å². The van der Waals surface area contributed by atoms with Gasteiger partial charge < -0.3 is 10.2 Å². The van der Waals surface area contributed by atoms with Gasteiger partial charge in [0.25, 0.3) is 0 Å². The summed E-state index contributed by atoms with van der Waals surface area (Å²) >= 11 is 0. The number of nitrogens with zero attached hydrogens (tertiary/aromatic N) is 6. The minimum atomic E-state index is 0.530. The lowest BCUT2D eigenvalue weighted by Crippen LogP contribution is -2.51. The number of rotatable bonds is 2. The molecule has 4 heterocycles. The maximum absolute atomic E-state index is 4.30. The fourth-order valence-corrected chi connectivity index (χ4v) is 3.56. The minimum Gasteiger partial charge on any atom is -0.351 e. The van der Waals surface area contributed by atoms with E-state index in [9.17, 15) is 0 Å². The molecule has 7 heteroatoms. The van der Waals surface area contributed by atoms with Crippen molar-refractivity contribution in [3.63, 3.8) is 0 Å². The molecule has 4 rings (SSSR count). The van der Waals surface area contributed by atoms with E-state index in [4.69, 9.17) is 0 Å². The first-order valence-corrected chi connectivity index (χ1v) is 7.45. The van der Waals surface area contributed by atoms with Crippen molar-refractivity contribution in [1.82, 2.24) is 30.3 Å². The summed E-state index contributed by atoms with van der Waals surface area (Å²) in [5, 5.41) is 15.5. The summed E-state index contributed by atoms with van der Waals surface area (Å²) in [6, 6.07) is 1.12. The summed E-state index contributed by atoms with van der Waals surface area (Å²) in [4.78, 5) is 6.74. The van der Waals surface area contributed by atoms with E-state index in [1.165, 1.54) is 32.1 Å². The quantitative estimate of drug-likeness (QED) is 0.865. The summed E-state index contributed by atoms with van der Waals surface area (Å²) in [5.74, 6) is 1.02. The normalized spacial score (nSPS) is 27.3. The third kappa shape index (κ3) is 1.93. The Morgan fingerprint density at radius 1 is 1.15 bits per heavy atom. The van der Waals surface area contributed by atoms with Gasteiger partial charge in [-0.15, -0.1) is 5.10 Å². The van der Waals surface area contributed by atoms with Gasteiger partial charge in [-0.1, -0.05) is 0 Å². The molecule has 0 saturated carbocycles. The first-order chi connectivity index (χ1) is 9.93. The zero-order valence-electron chi connectivity index (χ0n) is 11.4. The Bertz CT molecular complexity index is 589. The summed E-state index contributed by atoms with van der Waals surface area (Å²) < 4.78 is 1.81. The lowest BCUT2D eigenvalue weighted by molar-refractivity contribution is 0.374. The van der Waals surface area contributed by atoms with Gasteiger partial charge >= 0.3 is 0 Å². The van der Waals surface area contributed by atoms with Crippen LogP contribution >= 0.6 is 0 Å². The molecule has 2 aliphatic heterocycles. The third-order valence-electron chi connectivity index (χ3n) is 4.50. The highest BCUT2D eigenvalue weighted by molar-refractivity contribution is 5.47. The van der Waals surface area contributed by atoms with E-state index in [-0.39, 0.29) is 0 Å². The molecule has 2 aromatic heterocycles. The van der Waals surface area contributed by atoms with Crippen LogP contribution in [-0.4, -0.2) is 50.2 Å². The van der Waals surface area contributed by atoms with Crippen LogP contribution in [0, 0.1) is 0 Å². The Labute approximate surface area is 117 Å². The number of hydrogen-bond acceptors (Lipinski definition) is 6. The molecular formula is C13H19N7. The summed E-state index contributed by atoms with van der Waals surface area (Å²) in [7, 11) is 0. The van der Waals surface area contributed by atoms with E-state index in [0.717, 1.165) is 18.9 Å². The number of piperidine rings is 1. The number of aromatic nitrogens is 5. The molecule has 2 atom stereocenters. The number of hydrogen-bond donors (Lipinski definition) is 1. The minimum absolute atomic E-state index is 0.530. The second kappa shape index (κ2) is 4.97. The molecule has 7 nitrogen and oxygen atoms in total. The molecule has 2 saturated heterocycles. The molecular weight excluding hydrogens is 254 g/mol. The van der Waals surface area contributed by atoms with Crippen molar-refractivity contribution in [2.45, 2.75) is 44.2 Å². The number of nitrogens with one attached hydrogen (secondary N) is 1. The SMILES string of the molecule is c1ncc2nnnn2c1N1CCCCC1C1CCCN1. The molecule has 0 spiro atoms. The van der Waals surface area contributed by atoms with Gasteiger partial charge in [-0.3, -0.25) is 4.98 Å². The van der Waals surface area contributed by atoms with E-state index in [1.54, 1.807) is 10.7 Å². The average Bonchev–Trinajstić information content (AvgIpc) is 3.18. The number of tetrazole rings is 1. The van der Waals surface area contributed by atoms with Gasteiger partial charge in [-0.2, -0.15) is 4.52 Å². The Hall–Kier alpha value is -1.76. The Morgan fingerprint density at radius 3 is 3.05 bits per heavy atom. The van der Waals surface area contributed by atoms with Crippen molar-refractivity contribution >= 4 is 11.5 Å². The van der Waals surface area contributed by atoms with Gasteiger partial charge in [-0.25, -0.2) is 0 Å². The molecule has 2 fully saturated rings. The Morgan fingerprint density at radius 2 is 2.15 bits per heavy atom. The van der Waals surface area contributed by atoms with Crippen LogP contribution < -0.4 is 10.2 Å². The van der Waals surface area contributed by atoms with E-state index in [0.29, 0.717) is 17.7 Å². The van der Waals surface area contributed by atoms with Crippen LogP contribution in [0.25, 0.3) is 5.65 Å². The van der Waals surface area contributed by atoms with Crippen molar-refractivity contribution < 1.29 is 0 Å². The predicted molar refractivity (Wildman–Crippen MR) is 74.6 cm³/mol. The molecule has 0 aliphatic carbocycles. The predicted octanol–water partition coefficient (Wildman–Crippen LogP) is 0.630. The third-order valence-corrected chi connectivity index (χ3v) is 4.50. The molecule has 0 aromatic carbocycles. The van der Waals surface area contributed by atoms with E-state index >= 15 is 0 Å². The van der Waals surface area contributed by atoms with Gasteiger partial charge in [0.1, 0.15) is 0 Å². The van der Waals surface area contributed by atoms with Gasteiger partial charge in [0.15, 0.2) is 11.5 Å². The van der Waals surface area contributed by atoms with Crippen molar-refractivity contribution in [3.8, 4) is 0 Å². The monoisotopic (exact) mass is 273 g/mol. The summed E-state index contributed by atoms with van der Waals surface area (Å²) in [6.07, 6.45) is 9.89. The molecule has 106 valence electrons. The second-order valence-electron chi connectivity index (χ2n) is 5.67. The van der Waals surface area contributed by atoms with Crippen LogP contribution in [0.4, 0.5) is 5.82 Å². The number of anilines is 1. The van der Waals surface area contributed by atoms with E-state index < -0.39 is 0 Å². The fourth-order valence-electron chi connectivity index (χ4n) is 3.56. The van der Waals surface area contributed by atoms with Crippen LogP contribution in [0.1, 0.15) is 32.1 Å². The van der Waals surface area contributed by atoms with Crippen molar-refractivity contribution in [2.75, 3.05) is 18.0 Å². The maximum Gasteiger partial charge on any atom is 0.199 e. The zero-order valence-corrected chi connectivity index (χ0v) is 11.4. The smallest absolute Gasteiger partial charge is 0.199 e. The lowest BCUT2D eigenvalue weighted by atomic mass is 9.94. The molecule has 1 N–H and O–H groups in total. The first kappa shape index (κ1) is 12.0. The maximum atomic E-state index is 4.30. The van der Waals surface area contributed by atoms with Crippen molar-refractivity contribution in [1.29, 1.82) is 0 Å². The first-order valence-electron chi connectivity index (χ1n) is 7.45. The van der Waals surface area contributed by atoms with Gasteiger partial charge in [0, 0.05) is 18.6 Å². The molecule has 0 amide bonds. The second-order valence-corrected chi connectivity index (χ2v) is 5.67. The highest BCUT2D eigenvalue weighted by Gasteiger charge is 2.33. The summed E-state index contributed by atoms with van der Waals surface area (Å²) in [6.45, 7) is 2.20. The van der Waals surface area contributed by atoms with Crippen LogP contribution in [0.5, 0.6) is 0 Å². The summed E-state index contributed by atoms with van der Waals surface area (Å²) in [5.41, 5.74) is 0.714.